The van der Waals surface area contributed by atoms with Crippen LogP contribution in [0.3, 0.4) is 0 Å². The Balaban J connectivity index is 3.03. The van der Waals surface area contributed by atoms with Crippen molar-refractivity contribution in [2.45, 2.75) is 24.9 Å². The van der Waals surface area contributed by atoms with E-state index in [0.29, 0.717) is 12.8 Å². The first kappa shape index (κ1) is 10.2. The van der Waals surface area contributed by atoms with Gasteiger partial charge in [0.25, 0.3) is 0 Å². The summed E-state index contributed by atoms with van der Waals surface area (Å²) in [5.41, 5.74) is 9.85. The summed E-state index contributed by atoms with van der Waals surface area (Å²) < 4.78 is 0. The van der Waals surface area contributed by atoms with Crippen LogP contribution in [0.5, 0.6) is 0 Å². The summed E-state index contributed by atoms with van der Waals surface area (Å²) in [6, 6.07) is 1.78. The minimum atomic E-state index is -0.276. The normalized spacial score (nSPS) is 9.45. The molecule has 0 saturated heterocycles. The van der Waals surface area contributed by atoms with E-state index in [1.54, 1.807) is 0 Å². The Morgan fingerprint density at radius 2 is 1.36 bits per heavy atom. The molecular formula is C6H14N2O2Si. The molecule has 4 N–H and O–H groups in total. The van der Waals surface area contributed by atoms with E-state index in [4.69, 9.17) is 11.5 Å². The molecule has 5 heteroatoms. The molecule has 0 fully saturated rings. The van der Waals surface area contributed by atoms with Crippen LogP contribution >= 0.6 is 0 Å². The fraction of sp³-hybridized carbons (Fsp3) is 0.667. The molecule has 0 saturated carbocycles. The highest BCUT2D eigenvalue weighted by Crippen LogP contribution is 1.94. The molecule has 11 heavy (non-hydrogen) atoms. The van der Waals surface area contributed by atoms with Gasteiger partial charge in [-0.3, -0.25) is 9.59 Å². The third kappa shape index (κ3) is 9.16. The first-order valence-corrected chi connectivity index (χ1v) is 5.69. The molecule has 0 atom stereocenters. The Morgan fingerprint density at radius 3 is 1.64 bits per heavy atom. The van der Waals surface area contributed by atoms with E-state index >= 15 is 0 Å². The molecule has 0 aliphatic rings. The second-order valence-electron chi connectivity index (χ2n) is 2.49. The van der Waals surface area contributed by atoms with Crippen LogP contribution in [0, 0.1) is 0 Å². The van der Waals surface area contributed by atoms with Crippen LogP contribution in [0.4, 0.5) is 0 Å². The molecule has 64 valence electrons. The third-order valence-corrected chi connectivity index (χ3v) is 3.05. The maximum Gasteiger partial charge on any atom is 0.217 e. The van der Waals surface area contributed by atoms with Crippen molar-refractivity contribution in [3.63, 3.8) is 0 Å². The molecule has 2 amide bonds. The fourth-order valence-corrected chi connectivity index (χ4v) is 2.33. The standard InChI is InChI=1S/C6H14N2O2Si/c7-5(9)1-3-11-4-2-6(8)10/h1-4,11H2,(H2,7,9)(H2,8,10). The van der Waals surface area contributed by atoms with E-state index in [1.807, 2.05) is 0 Å². The fourth-order valence-electron chi connectivity index (χ4n) is 0.775. The number of hydrogen-bond donors (Lipinski definition) is 2. The highest BCUT2D eigenvalue weighted by Gasteiger charge is 1.97. The van der Waals surface area contributed by atoms with Crippen molar-refractivity contribution >= 4 is 21.3 Å². The molecule has 0 aromatic carbocycles. The van der Waals surface area contributed by atoms with Crippen molar-refractivity contribution < 1.29 is 9.59 Å². The van der Waals surface area contributed by atoms with Crippen LogP contribution in [-0.2, 0) is 9.59 Å². The van der Waals surface area contributed by atoms with Gasteiger partial charge in [0.2, 0.25) is 11.8 Å². The van der Waals surface area contributed by atoms with Crippen LogP contribution in [0.15, 0.2) is 0 Å². The molecule has 0 unspecified atom stereocenters. The third-order valence-electron chi connectivity index (χ3n) is 1.35. The zero-order chi connectivity index (χ0) is 8.69. The number of nitrogens with two attached hydrogens (primary N) is 2. The Morgan fingerprint density at radius 1 is 1.00 bits per heavy atom. The Labute approximate surface area is 68.1 Å². The van der Waals surface area contributed by atoms with Crippen molar-refractivity contribution in [1.82, 2.24) is 0 Å². The number of primary amides is 2. The molecule has 0 heterocycles. The summed E-state index contributed by atoms with van der Waals surface area (Å²) in [5, 5.41) is 0. The Kier molecular flexibility index (Phi) is 5.45. The molecule has 0 spiro atoms. The topological polar surface area (TPSA) is 86.2 Å². The number of amides is 2. The molecule has 0 aliphatic carbocycles. The van der Waals surface area contributed by atoms with Gasteiger partial charge in [-0.05, 0) is 0 Å². The average molecular weight is 174 g/mol. The number of carbonyl (C=O) groups excluding carboxylic acids is 2. The second kappa shape index (κ2) is 5.91. The monoisotopic (exact) mass is 174 g/mol. The highest BCUT2D eigenvalue weighted by molar-refractivity contribution is 6.36. The van der Waals surface area contributed by atoms with Crippen LogP contribution in [0.1, 0.15) is 12.8 Å². The minimum Gasteiger partial charge on any atom is -0.370 e. The molecule has 0 rings (SSSR count). The first-order chi connectivity index (χ1) is 5.13. The largest absolute Gasteiger partial charge is 0.370 e. The molecule has 0 radical (unpaired) electrons. The van der Waals surface area contributed by atoms with Gasteiger partial charge in [-0.15, -0.1) is 0 Å². The summed E-state index contributed by atoms with van der Waals surface area (Å²) in [6.45, 7) is 0. The molecule has 0 aromatic heterocycles. The van der Waals surface area contributed by atoms with Gasteiger partial charge in [0, 0.05) is 22.4 Å². The van der Waals surface area contributed by atoms with Crippen LogP contribution in [0.2, 0.25) is 12.1 Å². The van der Waals surface area contributed by atoms with Crippen LogP contribution < -0.4 is 11.5 Å². The summed E-state index contributed by atoms with van der Waals surface area (Å²) in [7, 11) is -0.276. The summed E-state index contributed by atoms with van der Waals surface area (Å²) in [5.74, 6) is -0.506. The van der Waals surface area contributed by atoms with Crippen LogP contribution in [0.25, 0.3) is 0 Å². The summed E-state index contributed by atoms with van der Waals surface area (Å²) in [4.78, 5) is 20.5. The van der Waals surface area contributed by atoms with Crippen molar-refractivity contribution in [3.05, 3.63) is 0 Å². The predicted octanol–water partition coefficient (Wildman–Crippen LogP) is -1.26. The number of rotatable bonds is 6. The Bertz CT molecular complexity index is 134. The smallest absolute Gasteiger partial charge is 0.217 e. The van der Waals surface area contributed by atoms with E-state index in [2.05, 4.69) is 0 Å². The van der Waals surface area contributed by atoms with Gasteiger partial charge in [-0.2, -0.15) is 0 Å². The van der Waals surface area contributed by atoms with E-state index in [0.717, 1.165) is 12.1 Å². The van der Waals surface area contributed by atoms with Gasteiger partial charge in [0.15, 0.2) is 0 Å². The summed E-state index contributed by atoms with van der Waals surface area (Å²) >= 11 is 0. The number of carbonyl (C=O) groups is 2. The van der Waals surface area contributed by atoms with Gasteiger partial charge in [-0.1, -0.05) is 12.1 Å². The van der Waals surface area contributed by atoms with Crippen molar-refractivity contribution in [2.75, 3.05) is 0 Å². The highest BCUT2D eigenvalue weighted by atomic mass is 28.2. The van der Waals surface area contributed by atoms with E-state index in [-0.39, 0.29) is 21.3 Å². The minimum absolute atomic E-state index is 0.253. The second-order valence-corrected chi connectivity index (χ2v) is 4.61. The zero-order valence-corrected chi connectivity index (χ0v) is 7.92. The average Bonchev–Trinajstić information content (AvgIpc) is 1.85. The van der Waals surface area contributed by atoms with E-state index < -0.39 is 0 Å². The SMILES string of the molecule is NC(=O)CC[SiH2]CCC(N)=O. The molecule has 0 bridgehead atoms. The predicted molar refractivity (Wildman–Crippen MR) is 45.8 cm³/mol. The molecule has 0 aromatic rings. The molecular weight excluding hydrogens is 160 g/mol. The molecule has 0 aliphatic heterocycles. The quantitative estimate of drug-likeness (QED) is 0.389. The zero-order valence-electron chi connectivity index (χ0n) is 6.51. The molecule has 4 nitrogen and oxygen atoms in total. The van der Waals surface area contributed by atoms with Crippen molar-refractivity contribution in [2.24, 2.45) is 11.5 Å². The maximum atomic E-state index is 10.2. The first-order valence-electron chi connectivity index (χ1n) is 3.69. The van der Waals surface area contributed by atoms with Gasteiger partial charge in [0.1, 0.15) is 0 Å². The van der Waals surface area contributed by atoms with Crippen molar-refractivity contribution in [3.8, 4) is 0 Å². The maximum absolute atomic E-state index is 10.2. The van der Waals surface area contributed by atoms with Crippen LogP contribution in [-0.4, -0.2) is 21.3 Å². The lowest BCUT2D eigenvalue weighted by Crippen LogP contribution is -2.13. The van der Waals surface area contributed by atoms with E-state index in [1.165, 1.54) is 0 Å². The number of hydrogen-bond acceptors (Lipinski definition) is 2. The lowest BCUT2D eigenvalue weighted by atomic mass is 10.5. The lowest BCUT2D eigenvalue weighted by Gasteiger charge is -1.94. The van der Waals surface area contributed by atoms with Gasteiger partial charge in [0.05, 0.1) is 0 Å². The Hall–Kier alpha value is -0.843. The summed E-state index contributed by atoms with van der Waals surface area (Å²) in [6.07, 6.45) is 0.927. The van der Waals surface area contributed by atoms with Gasteiger partial charge in [-0.25, -0.2) is 0 Å². The van der Waals surface area contributed by atoms with Gasteiger partial charge >= 0.3 is 0 Å². The van der Waals surface area contributed by atoms with Gasteiger partial charge < -0.3 is 11.5 Å². The van der Waals surface area contributed by atoms with Crippen molar-refractivity contribution in [1.29, 1.82) is 0 Å². The lowest BCUT2D eigenvalue weighted by molar-refractivity contribution is -0.118. The van der Waals surface area contributed by atoms with E-state index in [9.17, 15) is 9.59 Å².